The molecule has 0 aromatic heterocycles. The van der Waals surface area contributed by atoms with Crippen molar-refractivity contribution in [2.45, 2.75) is 6.92 Å². The van der Waals surface area contributed by atoms with Gasteiger partial charge in [-0.2, -0.15) is 0 Å². The molecular formula is C7H10N2O4. The van der Waals surface area contributed by atoms with E-state index in [4.69, 9.17) is 20.4 Å². The van der Waals surface area contributed by atoms with Gasteiger partial charge in [0.1, 0.15) is 0 Å². The second-order valence-electron chi connectivity index (χ2n) is 1.16. The molecule has 0 aromatic carbocycles. The number of hydrogen-bond donors (Lipinski definition) is 2. The molecule has 0 radical (unpaired) electrons. The Morgan fingerprint density at radius 2 is 1.77 bits per heavy atom. The van der Waals surface area contributed by atoms with Crippen molar-refractivity contribution in [2.75, 3.05) is 6.61 Å². The SMILES string of the molecule is C=CC(=O)OCC.N=C=O.N=C=O. The van der Waals surface area contributed by atoms with Gasteiger partial charge in [-0.1, -0.05) is 6.58 Å². The van der Waals surface area contributed by atoms with Gasteiger partial charge in [-0.3, -0.25) is 0 Å². The van der Waals surface area contributed by atoms with Crippen LogP contribution >= 0.6 is 0 Å². The Morgan fingerprint density at radius 3 is 1.85 bits per heavy atom. The summed E-state index contributed by atoms with van der Waals surface area (Å²) in [6.45, 7) is 5.38. The van der Waals surface area contributed by atoms with Crippen LogP contribution in [0.4, 0.5) is 0 Å². The van der Waals surface area contributed by atoms with Crippen molar-refractivity contribution in [3.8, 4) is 0 Å². The van der Waals surface area contributed by atoms with Crippen molar-refractivity contribution < 1.29 is 19.1 Å². The van der Waals surface area contributed by atoms with Gasteiger partial charge in [0.2, 0.25) is 12.2 Å². The Labute approximate surface area is 75.2 Å². The summed E-state index contributed by atoms with van der Waals surface area (Å²) in [7, 11) is 0. The largest absolute Gasteiger partial charge is 0.463 e. The second-order valence-corrected chi connectivity index (χ2v) is 1.16. The first-order valence-electron chi connectivity index (χ1n) is 3.01. The van der Waals surface area contributed by atoms with Crippen LogP contribution in [0.15, 0.2) is 12.7 Å². The zero-order valence-electron chi connectivity index (χ0n) is 7.12. The second kappa shape index (κ2) is 22.5. The van der Waals surface area contributed by atoms with Crippen LogP contribution in [-0.4, -0.2) is 24.7 Å². The summed E-state index contributed by atoms with van der Waals surface area (Å²) in [4.78, 5) is 26.8. The minimum absolute atomic E-state index is 0.359. The minimum atomic E-state index is -0.359. The number of esters is 1. The van der Waals surface area contributed by atoms with E-state index in [1.165, 1.54) is 0 Å². The molecule has 0 bridgehead atoms. The van der Waals surface area contributed by atoms with Gasteiger partial charge in [0.15, 0.2) is 0 Å². The van der Waals surface area contributed by atoms with Crippen LogP contribution in [0, 0.1) is 10.8 Å². The molecule has 0 saturated carbocycles. The normalized spacial score (nSPS) is 5.31. The van der Waals surface area contributed by atoms with E-state index >= 15 is 0 Å². The zero-order chi connectivity index (χ0) is 11.1. The fraction of sp³-hybridized carbons (Fsp3) is 0.286. The van der Waals surface area contributed by atoms with Gasteiger partial charge in [-0.25, -0.2) is 25.2 Å². The lowest BCUT2D eigenvalue weighted by atomic mass is 10.6. The van der Waals surface area contributed by atoms with Crippen LogP contribution in [0.1, 0.15) is 6.92 Å². The number of carbonyl (C=O) groups is 1. The summed E-state index contributed by atoms with van der Waals surface area (Å²) < 4.78 is 4.43. The maximum Gasteiger partial charge on any atom is 0.330 e. The van der Waals surface area contributed by atoms with Gasteiger partial charge < -0.3 is 4.74 Å². The third-order valence-electron chi connectivity index (χ3n) is 0.453. The van der Waals surface area contributed by atoms with Crippen molar-refractivity contribution >= 4 is 18.1 Å². The van der Waals surface area contributed by atoms with E-state index in [1.54, 1.807) is 6.92 Å². The fourth-order valence-electron chi connectivity index (χ4n) is 0.201. The molecule has 6 nitrogen and oxygen atoms in total. The van der Waals surface area contributed by atoms with Crippen LogP contribution in [0.3, 0.4) is 0 Å². The van der Waals surface area contributed by atoms with Crippen LogP contribution in [0.5, 0.6) is 0 Å². The quantitative estimate of drug-likeness (QED) is 0.284. The topological polar surface area (TPSA) is 108 Å². The highest BCUT2D eigenvalue weighted by molar-refractivity contribution is 5.81. The van der Waals surface area contributed by atoms with E-state index in [1.807, 2.05) is 0 Å². The van der Waals surface area contributed by atoms with E-state index in [-0.39, 0.29) is 5.97 Å². The summed E-state index contributed by atoms with van der Waals surface area (Å²) >= 11 is 0. The summed E-state index contributed by atoms with van der Waals surface area (Å²) in [5.41, 5.74) is 0. The zero-order valence-corrected chi connectivity index (χ0v) is 7.12. The van der Waals surface area contributed by atoms with Crippen molar-refractivity contribution in [3.05, 3.63) is 12.7 Å². The molecule has 0 aliphatic heterocycles. The fourth-order valence-corrected chi connectivity index (χ4v) is 0.201. The van der Waals surface area contributed by atoms with Crippen LogP contribution in [0.25, 0.3) is 0 Å². The van der Waals surface area contributed by atoms with E-state index in [0.717, 1.165) is 18.2 Å². The van der Waals surface area contributed by atoms with Gasteiger partial charge in [-0.15, -0.1) is 0 Å². The molecule has 0 aliphatic carbocycles. The third kappa shape index (κ3) is 71.8. The van der Waals surface area contributed by atoms with Crippen LogP contribution in [-0.2, 0) is 19.1 Å². The molecule has 0 amide bonds. The molecule has 6 heteroatoms. The van der Waals surface area contributed by atoms with Gasteiger partial charge in [-0.05, 0) is 6.92 Å². The monoisotopic (exact) mass is 186 g/mol. The minimum Gasteiger partial charge on any atom is -0.463 e. The first-order valence-corrected chi connectivity index (χ1v) is 3.01. The van der Waals surface area contributed by atoms with Gasteiger partial charge >= 0.3 is 5.97 Å². The summed E-state index contributed by atoms with van der Waals surface area (Å²) in [5, 5.41) is 10.8. The van der Waals surface area contributed by atoms with Gasteiger partial charge in [0, 0.05) is 6.08 Å². The average Bonchev–Trinajstić information content (AvgIpc) is 2.07. The molecule has 0 atom stereocenters. The molecular weight excluding hydrogens is 176 g/mol. The number of isocyanates is 2. The molecule has 13 heavy (non-hydrogen) atoms. The maximum absolute atomic E-state index is 10.1. The predicted octanol–water partition coefficient (Wildman–Crippen LogP) is 0.537. The maximum atomic E-state index is 10.1. The molecule has 0 heterocycles. The highest BCUT2D eigenvalue weighted by atomic mass is 16.5. The lowest BCUT2D eigenvalue weighted by molar-refractivity contribution is -0.137. The number of carbonyl (C=O) groups excluding carboxylic acids is 3. The molecule has 0 rings (SSSR count). The number of ether oxygens (including phenoxy) is 1. The molecule has 0 spiro atoms. The van der Waals surface area contributed by atoms with Crippen molar-refractivity contribution in [1.29, 1.82) is 10.8 Å². The smallest absolute Gasteiger partial charge is 0.330 e. The lowest BCUT2D eigenvalue weighted by Crippen LogP contribution is -1.97. The Kier molecular flexibility index (Phi) is 29.7. The van der Waals surface area contributed by atoms with Crippen LogP contribution < -0.4 is 0 Å². The van der Waals surface area contributed by atoms with E-state index in [2.05, 4.69) is 11.3 Å². The molecule has 0 fully saturated rings. The standard InChI is InChI=1S/C5H8O2.2CHNO/c1-3-5(6)7-4-2;2*2-1-3/h3H,1,4H2,2H3;2*2H. The summed E-state index contributed by atoms with van der Waals surface area (Å²) in [6, 6.07) is 0. The van der Waals surface area contributed by atoms with E-state index < -0.39 is 0 Å². The first kappa shape index (κ1) is 17.2. The average molecular weight is 186 g/mol. The van der Waals surface area contributed by atoms with Crippen molar-refractivity contribution in [3.63, 3.8) is 0 Å². The highest BCUT2D eigenvalue weighted by Crippen LogP contribution is 1.74. The van der Waals surface area contributed by atoms with Gasteiger partial charge in [0.05, 0.1) is 6.61 Å². The lowest BCUT2D eigenvalue weighted by Gasteiger charge is -1.90. The Bertz CT molecular complexity index is 189. The van der Waals surface area contributed by atoms with E-state index in [9.17, 15) is 4.79 Å². The van der Waals surface area contributed by atoms with Crippen molar-refractivity contribution in [1.82, 2.24) is 0 Å². The number of hydrogen-bond acceptors (Lipinski definition) is 6. The first-order chi connectivity index (χ1) is 6.14. The molecule has 0 aliphatic rings. The molecule has 2 N–H and O–H groups in total. The van der Waals surface area contributed by atoms with Crippen molar-refractivity contribution in [2.24, 2.45) is 0 Å². The summed E-state index contributed by atoms with van der Waals surface area (Å²) in [6.07, 6.45) is 2.64. The van der Waals surface area contributed by atoms with Gasteiger partial charge in [0.25, 0.3) is 0 Å². The predicted molar refractivity (Wildman–Crippen MR) is 43.7 cm³/mol. The molecule has 0 aromatic rings. The number of nitrogens with one attached hydrogen (secondary N) is 2. The summed E-state index contributed by atoms with van der Waals surface area (Å²) in [5.74, 6) is -0.359. The highest BCUT2D eigenvalue weighted by Gasteiger charge is 1.86. The third-order valence-corrected chi connectivity index (χ3v) is 0.453. The van der Waals surface area contributed by atoms with Crippen LogP contribution in [0.2, 0.25) is 0 Å². The Hall–Kier alpha value is -2.03. The molecule has 0 saturated heterocycles. The molecule has 0 unspecified atom stereocenters. The Morgan fingerprint density at radius 1 is 1.46 bits per heavy atom. The Balaban J connectivity index is -0.000000140. The van der Waals surface area contributed by atoms with E-state index in [0.29, 0.717) is 6.61 Å². The molecule has 72 valence electrons. The number of rotatable bonds is 2.